The van der Waals surface area contributed by atoms with Gasteiger partial charge in [-0.25, -0.2) is 9.78 Å². The molecule has 0 aliphatic heterocycles. The summed E-state index contributed by atoms with van der Waals surface area (Å²) < 4.78 is 11.0. The van der Waals surface area contributed by atoms with Gasteiger partial charge in [0.1, 0.15) is 0 Å². The number of aromatic nitrogens is 1. The van der Waals surface area contributed by atoms with Crippen LogP contribution in [0.3, 0.4) is 0 Å². The van der Waals surface area contributed by atoms with Gasteiger partial charge in [0, 0.05) is 16.5 Å². The maximum atomic E-state index is 11.9. The second-order valence-corrected chi connectivity index (χ2v) is 5.47. The van der Waals surface area contributed by atoms with Gasteiger partial charge in [0.25, 0.3) is 0 Å². The first-order valence-corrected chi connectivity index (χ1v) is 7.24. The number of carbonyl (C=O) groups is 1. The molecule has 0 aliphatic rings. The molecule has 2 aromatic rings. The van der Waals surface area contributed by atoms with Crippen LogP contribution in [0.5, 0.6) is 5.88 Å². The van der Waals surface area contributed by atoms with Crippen LogP contribution in [0.15, 0.2) is 40.9 Å². The van der Waals surface area contributed by atoms with Gasteiger partial charge in [-0.05, 0) is 23.8 Å². The second kappa shape index (κ2) is 6.72. The third-order valence-electron chi connectivity index (χ3n) is 3.29. The molecule has 0 amide bonds. The Kier molecular flexibility index (Phi) is 4.96. The lowest BCUT2D eigenvalue weighted by molar-refractivity contribution is 0.0598. The van der Waals surface area contributed by atoms with E-state index < -0.39 is 5.97 Å². The SMILES string of the molecule is COC(=O)c1ccc(OC)nc1C(C)c1ccc(Br)cc1. The minimum Gasteiger partial charge on any atom is -0.481 e. The Balaban J connectivity index is 2.48. The molecule has 1 aromatic heterocycles. The molecule has 0 saturated heterocycles. The van der Waals surface area contributed by atoms with E-state index in [9.17, 15) is 4.79 Å². The molecule has 110 valence electrons. The highest BCUT2D eigenvalue weighted by Gasteiger charge is 2.20. The van der Waals surface area contributed by atoms with Crippen molar-refractivity contribution in [2.24, 2.45) is 0 Å². The first-order valence-electron chi connectivity index (χ1n) is 6.45. The number of hydrogen-bond acceptors (Lipinski definition) is 4. The molecule has 0 fully saturated rings. The molecule has 0 saturated carbocycles. The highest BCUT2D eigenvalue weighted by Crippen LogP contribution is 2.28. The van der Waals surface area contributed by atoms with E-state index >= 15 is 0 Å². The molecule has 2 rings (SSSR count). The van der Waals surface area contributed by atoms with Crippen molar-refractivity contribution in [3.63, 3.8) is 0 Å². The van der Waals surface area contributed by atoms with Crippen molar-refractivity contribution in [1.29, 1.82) is 0 Å². The summed E-state index contributed by atoms with van der Waals surface area (Å²) in [6.07, 6.45) is 0. The summed E-state index contributed by atoms with van der Waals surface area (Å²) in [5.74, 6) is 0.0213. The molecule has 0 bridgehead atoms. The molecule has 5 heteroatoms. The third kappa shape index (κ3) is 3.42. The summed E-state index contributed by atoms with van der Waals surface area (Å²) >= 11 is 3.41. The zero-order valence-corrected chi connectivity index (χ0v) is 13.7. The number of benzene rings is 1. The maximum absolute atomic E-state index is 11.9. The molecule has 0 N–H and O–H groups in total. The summed E-state index contributed by atoms with van der Waals surface area (Å²) in [6, 6.07) is 11.3. The Morgan fingerprint density at radius 1 is 1.14 bits per heavy atom. The largest absolute Gasteiger partial charge is 0.481 e. The Hall–Kier alpha value is -1.88. The predicted octanol–water partition coefficient (Wildman–Crippen LogP) is 3.79. The van der Waals surface area contributed by atoms with Gasteiger partial charge in [0.15, 0.2) is 0 Å². The average molecular weight is 350 g/mol. The average Bonchev–Trinajstić information content (AvgIpc) is 2.53. The van der Waals surface area contributed by atoms with E-state index in [1.165, 1.54) is 7.11 Å². The monoisotopic (exact) mass is 349 g/mol. The number of halogens is 1. The molecule has 0 aliphatic carbocycles. The third-order valence-corrected chi connectivity index (χ3v) is 3.82. The lowest BCUT2D eigenvalue weighted by atomic mass is 9.94. The summed E-state index contributed by atoms with van der Waals surface area (Å²) in [4.78, 5) is 16.3. The van der Waals surface area contributed by atoms with Gasteiger partial charge in [0.2, 0.25) is 5.88 Å². The number of rotatable bonds is 4. The molecule has 0 radical (unpaired) electrons. The fourth-order valence-electron chi connectivity index (χ4n) is 2.09. The summed E-state index contributed by atoms with van der Waals surface area (Å²) in [5, 5.41) is 0. The summed E-state index contributed by atoms with van der Waals surface area (Å²) in [7, 11) is 2.91. The molecule has 4 nitrogen and oxygen atoms in total. The van der Waals surface area contributed by atoms with Crippen molar-refractivity contribution in [1.82, 2.24) is 4.98 Å². The van der Waals surface area contributed by atoms with Crippen LogP contribution in [-0.2, 0) is 4.74 Å². The number of methoxy groups -OCH3 is 2. The molecular weight excluding hydrogens is 334 g/mol. The van der Waals surface area contributed by atoms with Crippen molar-refractivity contribution in [3.8, 4) is 5.88 Å². The Morgan fingerprint density at radius 3 is 2.38 bits per heavy atom. The van der Waals surface area contributed by atoms with Gasteiger partial charge >= 0.3 is 5.97 Å². The highest BCUT2D eigenvalue weighted by molar-refractivity contribution is 9.10. The van der Waals surface area contributed by atoms with Crippen LogP contribution < -0.4 is 4.74 Å². The van der Waals surface area contributed by atoms with Gasteiger partial charge < -0.3 is 9.47 Å². The van der Waals surface area contributed by atoms with E-state index in [2.05, 4.69) is 20.9 Å². The lowest BCUT2D eigenvalue weighted by Gasteiger charge is -2.16. The number of carbonyl (C=O) groups excluding carboxylic acids is 1. The molecule has 21 heavy (non-hydrogen) atoms. The highest BCUT2D eigenvalue weighted by atomic mass is 79.9. The van der Waals surface area contributed by atoms with Crippen molar-refractivity contribution < 1.29 is 14.3 Å². The van der Waals surface area contributed by atoms with Gasteiger partial charge in [0.05, 0.1) is 25.5 Å². The lowest BCUT2D eigenvalue weighted by Crippen LogP contribution is -2.11. The van der Waals surface area contributed by atoms with E-state index in [4.69, 9.17) is 9.47 Å². The van der Waals surface area contributed by atoms with Crippen molar-refractivity contribution in [2.45, 2.75) is 12.8 Å². The van der Waals surface area contributed by atoms with Crippen LogP contribution in [0.2, 0.25) is 0 Å². The van der Waals surface area contributed by atoms with Crippen molar-refractivity contribution >= 4 is 21.9 Å². The number of nitrogens with zero attached hydrogens (tertiary/aromatic N) is 1. The molecule has 1 atom stereocenters. The van der Waals surface area contributed by atoms with Crippen LogP contribution in [0.25, 0.3) is 0 Å². The van der Waals surface area contributed by atoms with Crippen LogP contribution in [-0.4, -0.2) is 25.2 Å². The number of esters is 1. The molecule has 1 unspecified atom stereocenters. The summed E-state index contributed by atoms with van der Waals surface area (Å²) in [5.41, 5.74) is 2.15. The minimum absolute atomic E-state index is 0.0534. The number of ether oxygens (including phenoxy) is 2. The quantitative estimate of drug-likeness (QED) is 0.788. The Bertz CT molecular complexity index is 640. The van der Waals surface area contributed by atoms with Crippen LogP contribution in [0.1, 0.15) is 34.5 Å². The van der Waals surface area contributed by atoms with Crippen LogP contribution >= 0.6 is 15.9 Å². The normalized spacial score (nSPS) is 11.8. The van der Waals surface area contributed by atoms with E-state index in [0.29, 0.717) is 17.1 Å². The predicted molar refractivity (Wildman–Crippen MR) is 83.8 cm³/mol. The zero-order valence-electron chi connectivity index (χ0n) is 12.1. The van der Waals surface area contributed by atoms with Crippen molar-refractivity contribution in [3.05, 3.63) is 57.7 Å². The van der Waals surface area contributed by atoms with E-state index in [-0.39, 0.29) is 5.92 Å². The van der Waals surface area contributed by atoms with E-state index in [1.54, 1.807) is 19.2 Å². The van der Waals surface area contributed by atoms with Crippen LogP contribution in [0.4, 0.5) is 0 Å². The van der Waals surface area contributed by atoms with E-state index in [1.807, 2.05) is 31.2 Å². The molecule has 1 heterocycles. The zero-order chi connectivity index (χ0) is 15.4. The molecular formula is C16H16BrNO3. The maximum Gasteiger partial charge on any atom is 0.339 e. The van der Waals surface area contributed by atoms with Gasteiger partial charge in [-0.1, -0.05) is 35.0 Å². The first-order chi connectivity index (χ1) is 10.1. The second-order valence-electron chi connectivity index (χ2n) is 4.55. The fraction of sp³-hybridized carbons (Fsp3) is 0.250. The first kappa shape index (κ1) is 15.5. The van der Waals surface area contributed by atoms with Gasteiger partial charge in [-0.2, -0.15) is 0 Å². The van der Waals surface area contributed by atoms with Crippen molar-refractivity contribution in [2.75, 3.05) is 14.2 Å². The standard InChI is InChI=1S/C16H16BrNO3/c1-10(11-4-6-12(17)7-5-11)15-13(16(19)21-3)8-9-14(18-15)20-2/h4-10H,1-3H3. The fourth-order valence-corrected chi connectivity index (χ4v) is 2.36. The van der Waals surface area contributed by atoms with Crippen LogP contribution in [0, 0.1) is 0 Å². The molecule has 0 spiro atoms. The molecule has 1 aromatic carbocycles. The Labute approximate surface area is 132 Å². The number of hydrogen-bond donors (Lipinski definition) is 0. The minimum atomic E-state index is -0.399. The number of pyridine rings is 1. The van der Waals surface area contributed by atoms with Gasteiger partial charge in [-0.15, -0.1) is 0 Å². The van der Waals surface area contributed by atoms with E-state index in [0.717, 1.165) is 10.0 Å². The topological polar surface area (TPSA) is 48.4 Å². The Morgan fingerprint density at radius 2 is 1.81 bits per heavy atom. The van der Waals surface area contributed by atoms with Gasteiger partial charge in [-0.3, -0.25) is 0 Å². The smallest absolute Gasteiger partial charge is 0.339 e. The summed E-state index contributed by atoms with van der Waals surface area (Å²) in [6.45, 7) is 2.00.